The Bertz CT molecular complexity index is 212. The number of carbonyl (C=O) groups excluding carboxylic acids is 1. The van der Waals surface area contributed by atoms with Crippen LogP contribution in [0.5, 0.6) is 0 Å². The van der Waals surface area contributed by atoms with Crippen LogP contribution >= 0.6 is 0 Å². The molecule has 0 fully saturated rings. The third kappa shape index (κ3) is 6.94. The maximum absolute atomic E-state index is 11.5. The van der Waals surface area contributed by atoms with E-state index in [1.54, 1.807) is 6.92 Å². The molecule has 0 aromatic heterocycles. The molecule has 0 heterocycles. The lowest BCUT2D eigenvalue weighted by Gasteiger charge is -2.15. The highest BCUT2D eigenvalue weighted by Crippen LogP contribution is 2.12. The molecule has 0 saturated carbocycles. The number of hydrogen-bond donors (Lipinski definition) is 2. The number of aliphatic carboxylic acids is 1. The van der Waals surface area contributed by atoms with Crippen molar-refractivity contribution in [3.63, 3.8) is 0 Å². The molecular weight excluding hydrogens is 194 g/mol. The topological polar surface area (TPSA) is 66.4 Å². The lowest BCUT2D eigenvalue weighted by Crippen LogP contribution is -2.35. The molecule has 4 heteroatoms. The van der Waals surface area contributed by atoms with Crippen molar-refractivity contribution in [3.05, 3.63) is 0 Å². The van der Waals surface area contributed by atoms with E-state index in [0.29, 0.717) is 12.3 Å². The minimum absolute atomic E-state index is 0.0192. The molecule has 2 N–H and O–H groups in total. The Morgan fingerprint density at radius 3 is 2.13 bits per heavy atom. The first kappa shape index (κ1) is 13.9. The van der Waals surface area contributed by atoms with Gasteiger partial charge in [-0.1, -0.05) is 26.7 Å². The molecule has 0 rings (SSSR count). The van der Waals surface area contributed by atoms with E-state index in [4.69, 9.17) is 5.11 Å². The van der Waals surface area contributed by atoms with Gasteiger partial charge in [0.25, 0.3) is 0 Å². The van der Waals surface area contributed by atoms with E-state index in [9.17, 15) is 9.59 Å². The SMILES string of the molecule is CCC(CC)CC(=O)NC(C)CC(=O)O. The number of hydrogen-bond acceptors (Lipinski definition) is 2. The highest BCUT2D eigenvalue weighted by molar-refractivity contribution is 5.77. The van der Waals surface area contributed by atoms with E-state index >= 15 is 0 Å². The number of nitrogens with one attached hydrogen (secondary N) is 1. The maximum atomic E-state index is 11.5. The van der Waals surface area contributed by atoms with Gasteiger partial charge < -0.3 is 10.4 Å². The molecule has 0 aromatic carbocycles. The van der Waals surface area contributed by atoms with E-state index in [-0.39, 0.29) is 18.4 Å². The van der Waals surface area contributed by atoms with E-state index in [2.05, 4.69) is 19.2 Å². The minimum atomic E-state index is -0.884. The maximum Gasteiger partial charge on any atom is 0.305 e. The molecule has 4 nitrogen and oxygen atoms in total. The van der Waals surface area contributed by atoms with E-state index in [1.807, 2.05) is 0 Å². The summed E-state index contributed by atoms with van der Waals surface area (Å²) in [5.41, 5.74) is 0. The van der Waals surface area contributed by atoms with Gasteiger partial charge >= 0.3 is 5.97 Å². The predicted octanol–water partition coefficient (Wildman–Crippen LogP) is 1.79. The Kier molecular flexibility index (Phi) is 6.75. The van der Waals surface area contributed by atoms with Crippen molar-refractivity contribution in [1.29, 1.82) is 0 Å². The van der Waals surface area contributed by atoms with Crippen LogP contribution in [-0.4, -0.2) is 23.0 Å². The van der Waals surface area contributed by atoms with E-state index in [0.717, 1.165) is 12.8 Å². The second kappa shape index (κ2) is 7.26. The molecule has 0 aliphatic heterocycles. The number of carboxylic acid groups (broad SMARTS) is 1. The summed E-state index contributed by atoms with van der Waals surface area (Å²) in [6.45, 7) is 5.82. The van der Waals surface area contributed by atoms with Crippen molar-refractivity contribution >= 4 is 11.9 Å². The van der Waals surface area contributed by atoms with Crippen LogP contribution in [0, 0.1) is 5.92 Å². The largest absolute Gasteiger partial charge is 0.481 e. The molecule has 1 amide bonds. The molecule has 15 heavy (non-hydrogen) atoms. The van der Waals surface area contributed by atoms with Gasteiger partial charge in [-0.2, -0.15) is 0 Å². The fourth-order valence-electron chi connectivity index (χ4n) is 1.49. The fraction of sp³-hybridized carbons (Fsp3) is 0.818. The molecule has 88 valence electrons. The van der Waals surface area contributed by atoms with Gasteiger partial charge in [-0.25, -0.2) is 0 Å². The van der Waals surface area contributed by atoms with Crippen LogP contribution in [0.15, 0.2) is 0 Å². The molecule has 1 unspecified atom stereocenters. The first-order valence-corrected chi connectivity index (χ1v) is 5.50. The second-order valence-corrected chi connectivity index (χ2v) is 3.95. The van der Waals surface area contributed by atoms with Gasteiger partial charge in [0.1, 0.15) is 0 Å². The van der Waals surface area contributed by atoms with Gasteiger partial charge in [0.2, 0.25) is 5.91 Å². The Balaban J connectivity index is 3.86. The molecule has 0 aliphatic rings. The Morgan fingerprint density at radius 2 is 1.73 bits per heavy atom. The van der Waals surface area contributed by atoms with Gasteiger partial charge in [0.05, 0.1) is 6.42 Å². The Morgan fingerprint density at radius 1 is 1.20 bits per heavy atom. The van der Waals surface area contributed by atoms with Crippen LogP contribution in [0.3, 0.4) is 0 Å². The molecular formula is C11H21NO3. The first-order valence-electron chi connectivity index (χ1n) is 5.50. The summed E-state index contributed by atoms with van der Waals surface area (Å²) >= 11 is 0. The van der Waals surface area contributed by atoms with E-state index in [1.165, 1.54) is 0 Å². The summed E-state index contributed by atoms with van der Waals surface area (Å²) < 4.78 is 0. The number of carbonyl (C=O) groups is 2. The van der Waals surface area contributed by atoms with E-state index < -0.39 is 5.97 Å². The van der Waals surface area contributed by atoms with Gasteiger partial charge in [-0.05, 0) is 12.8 Å². The average molecular weight is 215 g/mol. The molecule has 0 bridgehead atoms. The smallest absolute Gasteiger partial charge is 0.305 e. The lowest BCUT2D eigenvalue weighted by atomic mass is 9.99. The second-order valence-electron chi connectivity index (χ2n) is 3.95. The van der Waals surface area contributed by atoms with Gasteiger partial charge in [-0.15, -0.1) is 0 Å². The zero-order valence-electron chi connectivity index (χ0n) is 9.75. The number of amides is 1. The van der Waals surface area contributed by atoms with Crippen molar-refractivity contribution < 1.29 is 14.7 Å². The van der Waals surface area contributed by atoms with Crippen LogP contribution in [0.25, 0.3) is 0 Å². The summed E-state index contributed by atoms with van der Waals surface area (Å²) in [6.07, 6.45) is 2.44. The quantitative estimate of drug-likeness (QED) is 0.680. The summed E-state index contributed by atoms with van der Waals surface area (Å²) in [4.78, 5) is 21.8. The van der Waals surface area contributed by atoms with Gasteiger partial charge in [0.15, 0.2) is 0 Å². The van der Waals surface area contributed by atoms with Gasteiger partial charge in [-0.3, -0.25) is 9.59 Å². The fourth-order valence-corrected chi connectivity index (χ4v) is 1.49. The van der Waals surface area contributed by atoms with Crippen molar-refractivity contribution in [2.75, 3.05) is 0 Å². The van der Waals surface area contributed by atoms with Crippen LogP contribution < -0.4 is 5.32 Å². The number of rotatable bonds is 7. The normalized spacial score (nSPS) is 12.5. The zero-order valence-corrected chi connectivity index (χ0v) is 9.75. The summed E-state index contributed by atoms with van der Waals surface area (Å²) in [6, 6.07) is -0.288. The van der Waals surface area contributed by atoms with Crippen LogP contribution in [0.4, 0.5) is 0 Å². The molecule has 0 radical (unpaired) electrons. The highest BCUT2D eigenvalue weighted by Gasteiger charge is 2.14. The molecule has 0 aliphatic carbocycles. The standard InChI is InChI=1S/C11H21NO3/c1-4-9(5-2)7-10(13)12-8(3)6-11(14)15/h8-9H,4-7H2,1-3H3,(H,12,13)(H,14,15). The minimum Gasteiger partial charge on any atom is -0.481 e. The molecule has 0 saturated heterocycles. The van der Waals surface area contributed by atoms with Crippen LogP contribution in [-0.2, 0) is 9.59 Å². The molecule has 1 atom stereocenters. The predicted molar refractivity (Wildman–Crippen MR) is 58.5 cm³/mol. The van der Waals surface area contributed by atoms with Crippen LogP contribution in [0.1, 0.15) is 46.5 Å². The van der Waals surface area contributed by atoms with Crippen LogP contribution in [0.2, 0.25) is 0 Å². The third-order valence-electron chi connectivity index (χ3n) is 2.52. The first-order chi connectivity index (χ1) is 6.99. The zero-order chi connectivity index (χ0) is 11.8. The Hall–Kier alpha value is -1.06. The van der Waals surface area contributed by atoms with Crippen molar-refractivity contribution in [3.8, 4) is 0 Å². The molecule has 0 aromatic rings. The summed E-state index contributed by atoms with van der Waals surface area (Å²) in [5, 5.41) is 11.2. The van der Waals surface area contributed by atoms with Crippen molar-refractivity contribution in [1.82, 2.24) is 5.32 Å². The lowest BCUT2D eigenvalue weighted by molar-refractivity contribution is -0.137. The third-order valence-corrected chi connectivity index (χ3v) is 2.52. The summed E-state index contributed by atoms with van der Waals surface area (Å²) in [5.74, 6) is -0.523. The van der Waals surface area contributed by atoms with Crippen molar-refractivity contribution in [2.24, 2.45) is 5.92 Å². The number of carboxylic acids is 1. The van der Waals surface area contributed by atoms with Crippen molar-refractivity contribution in [2.45, 2.75) is 52.5 Å². The molecule has 0 spiro atoms. The average Bonchev–Trinajstić information content (AvgIpc) is 2.12. The van der Waals surface area contributed by atoms with Gasteiger partial charge in [0, 0.05) is 12.5 Å². The Labute approximate surface area is 91.1 Å². The monoisotopic (exact) mass is 215 g/mol. The highest BCUT2D eigenvalue weighted by atomic mass is 16.4. The summed E-state index contributed by atoms with van der Waals surface area (Å²) in [7, 11) is 0.